The van der Waals surface area contributed by atoms with Gasteiger partial charge >= 0.3 is 0 Å². The van der Waals surface area contributed by atoms with Gasteiger partial charge in [0.05, 0.1) is 19.8 Å². The van der Waals surface area contributed by atoms with Crippen LogP contribution < -0.4 is 18.9 Å². The number of fused-ring (bicyclic) bond motifs is 3. The van der Waals surface area contributed by atoms with Gasteiger partial charge in [0.25, 0.3) is 0 Å². The van der Waals surface area contributed by atoms with Gasteiger partial charge in [-0.1, -0.05) is 0 Å². The SMILES string of the molecule is COc1cc(CCN(C)C)c([C@H]2C(=O)c3ccc4c(c3C2=O)OCO4)cc1OC. The third kappa shape index (κ3) is 3.11. The summed E-state index contributed by atoms with van der Waals surface area (Å²) < 4.78 is 21.7. The molecule has 0 fully saturated rings. The Labute approximate surface area is 169 Å². The molecule has 0 unspecified atom stereocenters. The Kier molecular flexibility index (Phi) is 4.92. The van der Waals surface area contributed by atoms with Crippen molar-refractivity contribution in [1.29, 1.82) is 0 Å². The zero-order valence-corrected chi connectivity index (χ0v) is 16.9. The largest absolute Gasteiger partial charge is 0.493 e. The van der Waals surface area contributed by atoms with Crippen LogP contribution in [-0.4, -0.2) is 58.1 Å². The standard InChI is InChI=1S/C22H23NO6/c1-23(2)8-7-12-9-16(26-3)17(27-4)10-14(12)18-20(24)13-5-6-15-22(29-11-28-15)19(13)21(18)25/h5-6,9-10,18H,7-8,11H2,1-4H3/t18-/m0/s1. The van der Waals surface area contributed by atoms with E-state index in [-0.39, 0.29) is 18.4 Å². The molecule has 7 nitrogen and oxygen atoms in total. The summed E-state index contributed by atoms with van der Waals surface area (Å²) in [5.74, 6) is 0.463. The van der Waals surface area contributed by atoms with Gasteiger partial charge in [0.1, 0.15) is 5.92 Å². The van der Waals surface area contributed by atoms with Crippen LogP contribution in [0.3, 0.4) is 0 Å². The van der Waals surface area contributed by atoms with Gasteiger partial charge in [-0.3, -0.25) is 9.59 Å². The van der Waals surface area contributed by atoms with Crippen LogP contribution in [0.1, 0.15) is 37.8 Å². The van der Waals surface area contributed by atoms with Gasteiger partial charge in [0, 0.05) is 12.1 Å². The Morgan fingerprint density at radius 3 is 2.45 bits per heavy atom. The molecule has 0 radical (unpaired) electrons. The fourth-order valence-electron chi connectivity index (χ4n) is 3.89. The fraction of sp³-hybridized carbons (Fsp3) is 0.364. The van der Waals surface area contributed by atoms with Crippen molar-refractivity contribution < 1.29 is 28.5 Å². The molecule has 4 rings (SSSR count). The molecular weight excluding hydrogens is 374 g/mol. The molecule has 29 heavy (non-hydrogen) atoms. The van der Waals surface area contributed by atoms with Crippen LogP contribution >= 0.6 is 0 Å². The number of carbonyl (C=O) groups is 2. The van der Waals surface area contributed by atoms with Crippen molar-refractivity contribution in [3.63, 3.8) is 0 Å². The first-order valence-corrected chi connectivity index (χ1v) is 9.36. The molecule has 2 aromatic rings. The first-order chi connectivity index (χ1) is 14.0. The molecule has 0 N–H and O–H groups in total. The van der Waals surface area contributed by atoms with Crippen LogP contribution in [0.15, 0.2) is 24.3 Å². The van der Waals surface area contributed by atoms with Gasteiger partial charge in [0.2, 0.25) is 6.79 Å². The highest BCUT2D eigenvalue weighted by molar-refractivity contribution is 6.31. The number of methoxy groups -OCH3 is 2. The van der Waals surface area contributed by atoms with E-state index in [1.54, 1.807) is 25.3 Å². The molecule has 0 saturated carbocycles. The summed E-state index contributed by atoms with van der Waals surface area (Å²) in [4.78, 5) is 28.7. The van der Waals surface area contributed by atoms with Crippen LogP contribution in [0.5, 0.6) is 23.0 Å². The number of Topliss-reactive ketones (excluding diaryl/α,β-unsaturated/α-hetero) is 2. The zero-order valence-electron chi connectivity index (χ0n) is 16.9. The quantitative estimate of drug-likeness (QED) is 0.694. The van der Waals surface area contributed by atoms with E-state index in [2.05, 4.69) is 0 Å². The molecular formula is C22H23NO6. The second-order valence-electron chi connectivity index (χ2n) is 7.34. The van der Waals surface area contributed by atoms with Crippen molar-refractivity contribution >= 4 is 11.6 Å². The normalized spacial score (nSPS) is 17.1. The predicted molar refractivity (Wildman–Crippen MR) is 106 cm³/mol. The third-order valence-electron chi connectivity index (χ3n) is 5.36. The Morgan fingerprint density at radius 1 is 1.03 bits per heavy atom. The summed E-state index contributed by atoms with van der Waals surface area (Å²) in [6.45, 7) is 0.805. The lowest BCUT2D eigenvalue weighted by molar-refractivity contribution is 0.0888. The van der Waals surface area contributed by atoms with E-state index in [9.17, 15) is 9.59 Å². The lowest BCUT2D eigenvalue weighted by Crippen LogP contribution is -2.19. The summed E-state index contributed by atoms with van der Waals surface area (Å²) in [6, 6.07) is 6.92. The van der Waals surface area contributed by atoms with E-state index in [0.29, 0.717) is 46.1 Å². The molecule has 1 aliphatic carbocycles. The van der Waals surface area contributed by atoms with Crippen LogP contribution in [-0.2, 0) is 6.42 Å². The highest BCUT2D eigenvalue weighted by atomic mass is 16.7. The molecule has 1 aliphatic heterocycles. The Bertz CT molecular complexity index is 997. The fourth-order valence-corrected chi connectivity index (χ4v) is 3.89. The minimum absolute atomic E-state index is 0.0440. The summed E-state index contributed by atoms with van der Waals surface area (Å²) >= 11 is 0. The number of hydrogen-bond acceptors (Lipinski definition) is 7. The molecule has 7 heteroatoms. The van der Waals surface area contributed by atoms with Crippen molar-refractivity contribution in [3.8, 4) is 23.0 Å². The molecule has 1 atom stereocenters. The number of hydrogen-bond donors (Lipinski definition) is 0. The Hall–Kier alpha value is -3.06. The average Bonchev–Trinajstić information content (AvgIpc) is 3.28. The highest BCUT2D eigenvalue weighted by Crippen LogP contribution is 2.47. The number of carbonyl (C=O) groups excluding carboxylic acids is 2. The second-order valence-corrected chi connectivity index (χ2v) is 7.34. The van der Waals surface area contributed by atoms with Crippen molar-refractivity contribution in [2.75, 3.05) is 41.7 Å². The van der Waals surface area contributed by atoms with E-state index in [0.717, 1.165) is 12.1 Å². The van der Waals surface area contributed by atoms with Crippen molar-refractivity contribution in [1.82, 2.24) is 4.90 Å². The van der Waals surface area contributed by atoms with Crippen LogP contribution in [0.2, 0.25) is 0 Å². The van der Waals surface area contributed by atoms with Crippen molar-refractivity contribution in [2.24, 2.45) is 0 Å². The van der Waals surface area contributed by atoms with Gasteiger partial charge in [-0.05, 0) is 55.9 Å². The van der Waals surface area contributed by atoms with Crippen LogP contribution in [0.4, 0.5) is 0 Å². The number of ether oxygens (including phenoxy) is 4. The summed E-state index contributed by atoms with van der Waals surface area (Å²) in [5.41, 5.74) is 2.20. The maximum Gasteiger partial charge on any atom is 0.231 e. The van der Waals surface area contributed by atoms with E-state index in [1.807, 2.05) is 25.1 Å². The molecule has 0 spiro atoms. The second kappa shape index (κ2) is 7.40. The van der Waals surface area contributed by atoms with Gasteiger partial charge in [-0.25, -0.2) is 0 Å². The zero-order chi connectivity index (χ0) is 20.7. The maximum atomic E-state index is 13.4. The molecule has 2 aliphatic rings. The van der Waals surface area contributed by atoms with Gasteiger partial charge in [-0.2, -0.15) is 0 Å². The Balaban J connectivity index is 1.83. The Morgan fingerprint density at radius 2 is 1.76 bits per heavy atom. The topological polar surface area (TPSA) is 74.3 Å². The lowest BCUT2D eigenvalue weighted by Gasteiger charge is -2.19. The van der Waals surface area contributed by atoms with Gasteiger partial charge < -0.3 is 23.8 Å². The summed E-state index contributed by atoms with van der Waals surface area (Å²) in [7, 11) is 7.05. The smallest absolute Gasteiger partial charge is 0.231 e. The number of rotatable bonds is 6. The number of likely N-dealkylation sites (N-methyl/N-ethyl adjacent to an activating group) is 1. The highest BCUT2D eigenvalue weighted by Gasteiger charge is 2.44. The van der Waals surface area contributed by atoms with Gasteiger partial charge in [0.15, 0.2) is 34.6 Å². The number of ketones is 2. The lowest BCUT2D eigenvalue weighted by atomic mass is 9.88. The van der Waals surface area contributed by atoms with Gasteiger partial charge in [-0.15, -0.1) is 0 Å². The monoisotopic (exact) mass is 397 g/mol. The maximum absolute atomic E-state index is 13.4. The molecule has 152 valence electrons. The minimum atomic E-state index is -0.933. The first-order valence-electron chi connectivity index (χ1n) is 9.36. The third-order valence-corrected chi connectivity index (χ3v) is 5.36. The van der Waals surface area contributed by atoms with E-state index in [1.165, 1.54) is 7.11 Å². The molecule has 2 aromatic carbocycles. The van der Waals surface area contributed by atoms with Crippen molar-refractivity contribution in [3.05, 3.63) is 46.5 Å². The number of benzene rings is 2. The first kappa shape index (κ1) is 19.3. The minimum Gasteiger partial charge on any atom is -0.493 e. The predicted octanol–water partition coefficient (Wildman–Crippen LogP) is 2.70. The van der Waals surface area contributed by atoms with E-state index >= 15 is 0 Å². The molecule has 0 saturated heterocycles. The molecule has 1 heterocycles. The molecule has 0 bridgehead atoms. The van der Waals surface area contributed by atoms with Crippen LogP contribution in [0, 0.1) is 0 Å². The van der Waals surface area contributed by atoms with E-state index < -0.39 is 5.92 Å². The van der Waals surface area contributed by atoms with Crippen LogP contribution in [0.25, 0.3) is 0 Å². The van der Waals surface area contributed by atoms with E-state index in [4.69, 9.17) is 18.9 Å². The summed E-state index contributed by atoms with van der Waals surface area (Å²) in [6.07, 6.45) is 0.661. The number of nitrogens with zero attached hydrogens (tertiary/aromatic N) is 1. The summed E-state index contributed by atoms with van der Waals surface area (Å²) in [5, 5.41) is 0. The molecule has 0 amide bonds. The average molecular weight is 397 g/mol. The van der Waals surface area contributed by atoms with Crippen molar-refractivity contribution in [2.45, 2.75) is 12.3 Å². The molecule has 0 aromatic heterocycles.